The van der Waals surface area contributed by atoms with Gasteiger partial charge in [0.15, 0.2) is 0 Å². The standard InChI is InChI=1S/C16H16ClNO3/c1-2-18-9-10-20-16(15(18)19)8-7-14(21-16)11-12-3-5-13(17)6-4-12/h3-8,11H,2,9-10H2,1H3/b14-11+. The van der Waals surface area contributed by atoms with Gasteiger partial charge in [0, 0.05) is 24.2 Å². The number of halogens is 1. The van der Waals surface area contributed by atoms with Crippen molar-refractivity contribution in [3.8, 4) is 0 Å². The maximum atomic E-state index is 12.4. The van der Waals surface area contributed by atoms with Crippen LogP contribution in [0.1, 0.15) is 12.5 Å². The van der Waals surface area contributed by atoms with Gasteiger partial charge >= 0.3 is 5.79 Å². The monoisotopic (exact) mass is 305 g/mol. The van der Waals surface area contributed by atoms with E-state index >= 15 is 0 Å². The molecule has 110 valence electrons. The van der Waals surface area contributed by atoms with Crippen LogP contribution in [0, 0.1) is 0 Å². The van der Waals surface area contributed by atoms with Gasteiger partial charge in [-0.3, -0.25) is 4.79 Å². The molecule has 0 N–H and O–H groups in total. The Kier molecular flexibility index (Phi) is 3.74. The van der Waals surface area contributed by atoms with Crippen molar-refractivity contribution in [3.63, 3.8) is 0 Å². The lowest BCUT2D eigenvalue weighted by Crippen LogP contribution is -2.55. The topological polar surface area (TPSA) is 38.8 Å². The van der Waals surface area contributed by atoms with Gasteiger partial charge in [0.05, 0.1) is 6.61 Å². The van der Waals surface area contributed by atoms with Crippen molar-refractivity contribution < 1.29 is 14.3 Å². The van der Waals surface area contributed by atoms with Crippen molar-refractivity contribution in [2.75, 3.05) is 19.7 Å². The molecule has 1 fully saturated rings. The lowest BCUT2D eigenvalue weighted by molar-refractivity contribution is -0.213. The minimum absolute atomic E-state index is 0.146. The van der Waals surface area contributed by atoms with Gasteiger partial charge < -0.3 is 14.4 Å². The molecule has 1 spiro atoms. The van der Waals surface area contributed by atoms with E-state index in [0.29, 0.717) is 30.5 Å². The second kappa shape index (κ2) is 5.54. The van der Waals surface area contributed by atoms with E-state index in [-0.39, 0.29) is 5.91 Å². The predicted molar refractivity (Wildman–Crippen MR) is 80.6 cm³/mol. The quantitative estimate of drug-likeness (QED) is 0.843. The van der Waals surface area contributed by atoms with Crippen LogP contribution in [-0.2, 0) is 14.3 Å². The first-order valence-corrected chi connectivity index (χ1v) is 7.29. The van der Waals surface area contributed by atoms with Gasteiger partial charge in [-0.15, -0.1) is 0 Å². The van der Waals surface area contributed by atoms with E-state index in [9.17, 15) is 4.79 Å². The van der Waals surface area contributed by atoms with Gasteiger partial charge in [0.25, 0.3) is 5.91 Å². The summed E-state index contributed by atoms with van der Waals surface area (Å²) < 4.78 is 11.4. The van der Waals surface area contributed by atoms with Crippen LogP contribution in [-0.4, -0.2) is 36.3 Å². The molecule has 0 aromatic heterocycles. The molecule has 3 rings (SSSR count). The molecule has 0 bridgehead atoms. The van der Waals surface area contributed by atoms with Crippen LogP contribution >= 0.6 is 11.6 Å². The molecule has 1 atom stereocenters. The molecule has 1 unspecified atom stereocenters. The SMILES string of the molecule is CCN1CCOC2(C=C/C(=C\c3ccc(Cl)cc3)O2)C1=O. The highest BCUT2D eigenvalue weighted by atomic mass is 35.5. The van der Waals surface area contributed by atoms with Gasteiger partial charge in [-0.25, -0.2) is 0 Å². The van der Waals surface area contributed by atoms with Crippen LogP contribution < -0.4 is 0 Å². The van der Waals surface area contributed by atoms with Crippen LogP contribution in [0.2, 0.25) is 5.02 Å². The number of ether oxygens (including phenoxy) is 2. The Hall–Kier alpha value is -1.78. The van der Waals surface area contributed by atoms with E-state index in [4.69, 9.17) is 21.1 Å². The first-order valence-electron chi connectivity index (χ1n) is 6.92. The minimum Gasteiger partial charge on any atom is -0.450 e. The fraction of sp³-hybridized carbons (Fsp3) is 0.312. The number of allylic oxidation sites excluding steroid dienone is 1. The number of carbonyl (C=O) groups is 1. The normalized spacial score (nSPS) is 26.7. The average molecular weight is 306 g/mol. The Bertz CT molecular complexity index is 608. The second-order valence-corrected chi connectivity index (χ2v) is 5.37. The van der Waals surface area contributed by atoms with Gasteiger partial charge in [0.2, 0.25) is 0 Å². The fourth-order valence-electron chi connectivity index (χ4n) is 2.42. The highest BCUT2D eigenvalue weighted by Crippen LogP contribution is 2.32. The summed E-state index contributed by atoms with van der Waals surface area (Å²) >= 11 is 5.86. The Morgan fingerprint density at radius 2 is 2.14 bits per heavy atom. The van der Waals surface area contributed by atoms with Crippen LogP contribution in [0.3, 0.4) is 0 Å². The van der Waals surface area contributed by atoms with Crippen LogP contribution in [0.25, 0.3) is 6.08 Å². The highest BCUT2D eigenvalue weighted by Gasteiger charge is 2.48. The predicted octanol–water partition coefficient (Wildman–Crippen LogP) is 2.84. The van der Waals surface area contributed by atoms with Crippen LogP contribution in [0.5, 0.6) is 0 Å². The number of benzene rings is 1. The molecule has 5 heteroatoms. The fourth-order valence-corrected chi connectivity index (χ4v) is 2.55. The number of amides is 1. The Labute approximate surface area is 128 Å². The zero-order valence-electron chi connectivity index (χ0n) is 11.7. The Balaban J connectivity index is 1.80. The smallest absolute Gasteiger partial charge is 0.311 e. The Morgan fingerprint density at radius 1 is 1.38 bits per heavy atom. The molecule has 2 aliphatic heterocycles. The van der Waals surface area contributed by atoms with E-state index in [1.54, 1.807) is 17.1 Å². The third-order valence-electron chi connectivity index (χ3n) is 3.56. The molecule has 1 aromatic rings. The van der Waals surface area contributed by atoms with Crippen molar-refractivity contribution in [1.29, 1.82) is 0 Å². The summed E-state index contributed by atoms with van der Waals surface area (Å²) in [5, 5.41) is 0.681. The summed E-state index contributed by atoms with van der Waals surface area (Å²) in [5.74, 6) is -0.831. The van der Waals surface area contributed by atoms with E-state index in [0.717, 1.165) is 5.56 Å². The summed E-state index contributed by atoms with van der Waals surface area (Å²) in [5.41, 5.74) is 0.951. The molecule has 0 saturated carbocycles. The first kappa shape index (κ1) is 14.2. The molecule has 2 heterocycles. The molecular weight excluding hydrogens is 290 g/mol. The molecule has 1 aromatic carbocycles. The maximum absolute atomic E-state index is 12.4. The lowest BCUT2D eigenvalue weighted by atomic mass is 10.2. The van der Waals surface area contributed by atoms with E-state index in [1.165, 1.54) is 0 Å². The number of hydrogen-bond acceptors (Lipinski definition) is 3. The lowest BCUT2D eigenvalue weighted by Gasteiger charge is -2.36. The molecule has 2 aliphatic rings. The summed E-state index contributed by atoms with van der Waals surface area (Å²) in [6, 6.07) is 7.39. The third-order valence-corrected chi connectivity index (χ3v) is 3.81. The molecular formula is C16H16ClNO3. The Morgan fingerprint density at radius 3 is 2.86 bits per heavy atom. The van der Waals surface area contributed by atoms with Gasteiger partial charge in [-0.2, -0.15) is 0 Å². The summed E-state index contributed by atoms with van der Waals surface area (Å²) in [7, 11) is 0. The summed E-state index contributed by atoms with van der Waals surface area (Å²) in [6.07, 6.45) is 5.30. The third kappa shape index (κ3) is 2.69. The molecule has 0 radical (unpaired) electrons. The first-order chi connectivity index (χ1) is 10.1. The van der Waals surface area contributed by atoms with Crippen molar-refractivity contribution >= 4 is 23.6 Å². The van der Waals surface area contributed by atoms with Crippen molar-refractivity contribution in [1.82, 2.24) is 4.90 Å². The van der Waals surface area contributed by atoms with Crippen molar-refractivity contribution in [2.24, 2.45) is 0 Å². The molecule has 21 heavy (non-hydrogen) atoms. The number of morpholine rings is 1. The number of nitrogens with zero attached hydrogens (tertiary/aromatic N) is 1. The molecule has 4 nitrogen and oxygen atoms in total. The zero-order chi connectivity index (χ0) is 14.9. The van der Waals surface area contributed by atoms with E-state index < -0.39 is 5.79 Å². The highest BCUT2D eigenvalue weighted by molar-refractivity contribution is 6.30. The number of rotatable bonds is 2. The van der Waals surface area contributed by atoms with Crippen LogP contribution in [0.4, 0.5) is 0 Å². The number of hydrogen-bond donors (Lipinski definition) is 0. The second-order valence-electron chi connectivity index (χ2n) is 4.93. The maximum Gasteiger partial charge on any atom is 0.311 e. The zero-order valence-corrected chi connectivity index (χ0v) is 12.5. The molecule has 1 saturated heterocycles. The van der Waals surface area contributed by atoms with Gasteiger partial charge in [0.1, 0.15) is 5.76 Å². The van der Waals surface area contributed by atoms with Crippen LogP contribution in [0.15, 0.2) is 42.2 Å². The number of carbonyl (C=O) groups excluding carboxylic acids is 1. The van der Waals surface area contributed by atoms with Crippen molar-refractivity contribution in [2.45, 2.75) is 12.7 Å². The number of likely N-dealkylation sites (N-methyl/N-ethyl adjacent to an activating group) is 1. The minimum atomic E-state index is -1.29. The molecule has 1 amide bonds. The largest absolute Gasteiger partial charge is 0.450 e. The molecule has 0 aliphatic carbocycles. The summed E-state index contributed by atoms with van der Waals surface area (Å²) in [4.78, 5) is 14.1. The summed E-state index contributed by atoms with van der Waals surface area (Å²) in [6.45, 7) is 3.67. The van der Waals surface area contributed by atoms with E-state index in [1.807, 2.05) is 37.3 Å². The van der Waals surface area contributed by atoms with Crippen molar-refractivity contribution in [3.05, 3.63) is 52.8 Å². The van der Waals surface area contributed by atoms with Gasteiger partial charge in [-0.1, -0.05) is 23.7 Å². The van der Waals surface area contributed by atoms with Gasteiger partial charge in [-0.05, 0) is 36.8 Å². The average Bonchev–Trinajstić information content (AvgIpc) is 2.89. The van der Waals surface area contributed by atoms with E-state index in [2.05, 4.69) is 0 Å².